The summed E-state index contributed by atoms with van der Waals surface area (Å²) >= 11 is 1.34. The van der Waals surface area contributed by atoms with Crippen LogP contribution in [0.3, 0.4) is 0 Å². The standard InChI is InChI=1S/C33H29N3O3S/c1-5-39-32(38)29-20(2)34-33-36(30(29)21-14-16-24(17-15-21)35(3)4)31(37)28(40-33)19-27-25-12-8-6-10-22(25)18-23-11-7-9-13-26(23)27/h6-19,30H,5H2,1-4H3. The number of carbonyl (C=O) groups excluding carboxylic acids is 1. The lowest BCUT2D eigenvalue weighted by atomic mass is 9.95. The zero-order valence-electron chi connectivity index (χ0n) is 22.8. The topological polar surface area (TPSA) is 63.9 Å². The average molecular weight is 548 g/mol. The molecule has 0 saturated heterocycles. The number of nitrogens with zero attached hydrogens (tertiary/aromatic N) is 3. The summed E-state index contributed by atoms with van der Waals surface area (Å²) in [6.07, 6.45) is 1.98. The minimum Gasteiger partial charge on any atom is -0.463 e. The van der Waals surface area contributed by atoms with Crippen molar-refractivity contribution in [2.45, 2.75) is 19.9 Å². The highest BCUT2D eigenvalue weighted by atomic mass is 32.1. The van der Waals surface area contributed by atoms with Crippen molar-refractivity contribution < 1.29 is 9.53 Å². The first-order chi connectivity index (χ1) is 19.4. The average Bonchev–Trinajstić information content (AvgIpc) is 3.26. The largest absolute Gasteiger partial charge is 0.463 e. The Morgan fingerprint density at radius 1 is 1.00 bits per heavy atom. The van der Waals surface area contributed by atoms with Gasteiger partial charge in [-0.25, -0.2) is 9.79 Å². The molecule has 7 heteroatoms. The molecule has 1 atom stereocenters. The number of thiazole rings is 1. The fourth-order valence-electron chi connectivity index (χ4n) is 5.40. The molecule has 1 unspecified atom stereocenters. The van der Waals surface area contributed by atoms with Gasteiger partial charge < -0.3 is 9.64 Å². The van der Waals surface area contributed by atoms with Gasteiger partial charge in [0.2, 0.25) is 0 Å². The smallest absolute Gasteiger partial charge is 0.338 e. The lowest BCUT2D eigenvalue weighted by Crippen LogP contribution is -2.40. The van der Waals surface area contributed by atoms with Crippen molar-refractivity contribution in [3.63, 3.8) is 0 Å². The molecule has 0 amide bonds. The number of ether oxygens (including phenoxy) is 1. The van der Waals surface area contributed by atoms with Gasteiger partial charge in [0.15, 0.2) is 4.80 Å². The van der Waals surface area contributed by atoms with Crippen molar-refractivity contribution in [3.05, 3.63) is 121 Å². The zero-order valence-corrected chi connectivity index (χ0v) is 23.7. The summed E-state index contributed by atoms with van der Waals surface area (Å²) in [6.45, 7) is 3.82. The number of carbonyl (C=O) groups is 1. The van der Waals surface area contributed by atoms with Crippen LogP contribution in [-0.2, 0) is 9.53 Å². The van der Waals surface area contributed by atoms with Gasteiger partial charge in [-0.2, -0.15) is 0 Å². The van der Waals surface area contributed by atoms with Crippen LogP contribution in [0.5, 0.6) is 0 Å². The lowest BCUT2D eigenvalue weighted by Gasteiger charge is -2.25. The molecular formula is C33H29N3O3S. The van der Waals surface area contributed by atoms with Gasteiger partial charge in [-0.15, -0.1) is 0 Å². The number of esters is 1. The van der Waals surface area contributed by atoms with Gasteiger partial charge in [-0.1, -0.05) is 72.0 Å². The van der Waals surface area contributed by atoms with E-state index in [2.05, 4.69) is 30.3 Å². The van der Waals surface area contributed by atoms with Crippen molar-refractivity contribution in [2.24, 2.45) is 4.99 Å². The highest BCUT2D eigenvalue weighted by Crippen LogP contribution is 2.32. The first kappa shape index (κ1) is 25.8. The molecule has 0 radical (unpaired) electrons. The summed E-state index contributed by atoms with van der Waals surface area (Å²) in [4.78, 5) is 34.7. The van der Waals surface area contributed by atoms with Crippen LogP contribution in [0.1, 0.15) is 31.0 Å². The van der Waals surface area contributed by atoms with E-state index < -0.39 is 12.0 Å². The fraction of sp³-hybridized carbons (Fsp3) is 0.182. The van der Waals surface area contributed by atoms with Crippen molar-refractivity contribution in [2.75, 3.05) is 25.6 Å². The molecule has 0 spiro atoms. The van der Waals surface area contributed by atoms with Crippen molar-refractivity contribution >= 4 is 50.6 Å². The number of benzene rings is 4. The molecule has 0 N–H and O–H groups in total. The van der Waals surface area contributed by atoms with Crippen molar-refractivity contribution in [1.29, 1.82) is 0 Å². The van der Waals surface area contributed by atoms with E-state index in [4.69, 9.17) is 9.73 Å². The zero-order chi connectivity index (χ0) is 28.0. The predicted octanol–water partition coefficient (Wildman–Crippen LogP) is 5.17. The first-order valence-corrected chi connectivity index (χ1v) is 14.1. The van der Waals surface area contributed by atoms with Crippen LogP contribution in [0, 0.1) is 0 Å². The molecule has 0 aliphatic carbocycles. The second kappa shape index (κ2) is 10.2. The Bertz CT molecular complexity index is 1950. The molecule has 4 aromatic carbocycles. The third-order valence-corrected chi connectivity index (χ3v) is 8.31. The Labute approximate surface area is 235 Å². The van der Waals surface area contributed by atoms with Gasteiger partial charge in [-0.3, -0.25) is 9.36 Å². The maximum Gasteiger partial charge on any atom is 0.338 e. The van der Waals surface area contributed by atoms with Crippen LogP contribution in [0.2, 0.25) is 0 Å². The van der Waals surface area contributed by atoms with Gasteiger partial charge in [0.1, 0.15) is 0 Å². The van der Waals surface area contributed by atoms with E-state index in [1.807, 2.05) is 80.5 Å². The van der Waals surface area contributed by atoms with Gasteiger partial charge in [0.05, 0.1) is 28.5 Å². The van der Waals surface area contributed by atoms with E-state index in [9.17, 15) is 9.59 Å². The summed E-state index contributed by atoms with van der Waals surface area (Å²) in [5.74, 6) is -0.459. The molecule has 6 rings (SSSR count). The fourth-order valence-corrected chi connectivity index (χ4v) is 6.43. The molecular weight excluding hydrogens is 518 g/mol. The number of allylic oxidation sites excluding steroid dienone is 1. The Balaban J connectivity index is 1.62. The van der Waals surface area contributed by atoms with Gasteiger partial charge >= 0.3 is 5.97 Å². The second-order valence-electron chi connectivity index (χ2n) is 10.0. The second-order valence-corrected chi connectivity index (χ2v) is 11.0. The van der Waals surface area contributed by atoms with Gasteiger partial charge in [-0.05, 0) is 70.8 Å². The van der Waals surface area contributed by atoms with E-state index in [0.29, 0.717) is 20.6 Å². The Kier molecular flexibility index (Phi) is 6.60. The highest BCUT2D eigenvalue weighted by Gasteiger charge is 2.33. The normalized spacial score (nSPS) is 15.3. The summed E-state index contributed by atoms with van der Waals surface area (Å²) in [7, 11) is 3.95. The number of anilines is 1. The molecule has 1 aromatic heterocycles. The quantitative estimate of drug-likeness (QED) is 0.225. The minimum absolute atomic E-state index is 0.184. The first-order valence-electron chi connectivity index (χ1n) is 13.2. The molecule has 1 aliphatic heterocycles. The minimum atomic E-state index is -0.641. The molecule has 1 aliphatic rings. The monoisotopic (exact) mass is 547 g/mol. The van der Waals surface area contributed by atoms with E-state index in [1.54, 1.807) is 11.5 Å². The van der Waals surface area contributed by atoms with E-state index >= 15 is 0 Å². The van der Waals surface area contributed by atoms with E-state index in [0.717, 1.165) is 38.4 Å². The summed E-state index contributed by atoms with van der Waals surface area (Å²) < 4.78 is 7.64. The maximum absolute atomic E-state index is 14.2. The molecule has 0 bridgehead atoms. The van der Waals surface area contributed by atoms with Crippen LogP contribution in [0.25, 0.3) is 27.6 Å². The Morgan fingerprint density at radius 3 is 2.23 bits per heavy atom. The third kappa shape index (κ3) is 4.32. The number of hydrogen-bond acceptors (Lipinski definition) is 6. The SMILES string of the molecule is CCOC(=O)C1=C(C)N=c2sc(=Cc3c4ccccc4cc4ccccc34)c(=O)n2C1c1ccc(N(C)C)cc1. The molecule has 0 fully saturated rings. The predicted molar refractivity (Wildman–Crippen MR) is 163 cm³/mol. The third-order valence-electron chi connectivity index (χ3n) is 7.33. The number of aromatic nitrogens is 1. The molecule has 6 nitrogen and oxygen atoms in total. The van der Waals surface area contributed by atoms with Crippen LogP contribution in [-0.4, -0.2) is 31.2 Å². The van der Waals surface area contributed by atoms with Crippen molar-refractivity contribution in [1.82, 2.24) is 4.57 Å². The number of rotatable bonds is 5. The van der Waals surface area contributed by atoms with Crippen molar-refractivity contribution in [3.8, 4) is 0 Å². The maximum atomic E-state index is 14.2. The summed E-state index contributed by atoms with van der Waals surface area (Å²) in [6, 6.07) is 25.9. The molecule has 2 heterocycles. The van der Waals surface area contributed by atoms with Crippen LogP contribution in [0.4, 0.5) is 5.69 Å². The van der Waals surface area contributed by atoms with Crippen LogP contribution >= 0.6 is 11.3 Å². The van der Waals surface area contributed by atoms with Crippen LogP contribution < -0.4 is 19.8 Å². The summed E-state index contributed by atoms with van der Waals surface area (Å²) in [5.41, 5.74) is 3.60. The molecule has 200 valence electrons. The lowest BCUT2D eigenvalue weighted by molar-refractivity contribution is -0.139. The number of fused-ring (bicyclic) bond motifs is 3. The Hall–Kier alpha value is -4.49. The van der Waals surface area contributed by atoms with Gasteiger partial charge in [0.25, 0.3) is 5.56 Å². The number of hydrogen-bond donors (Lipinski definition) is 0. The molecule has 5 aromatic rings. The van der Waals surface area contributed by atoms with Gasteiger partial charge in [0, 0.05) is 19.8 Å². The van der Waals surface area contributed by atoms with E-state index in [1.165, 1.54) is 11.3 Å². The van der Waals surface area contributed by atoms with E-state index in [-0.39, 0.29) is 12.2 Å². The van der Waals surface area contributed by atoms with Crippen LogP contribution in [0.15, 0.2) is 99.9 Å². The molecule has 0 saturated carbocycles. The summed E-state index contributed by atoms with van der Waals surface area (Å²) in [5, 5.41) is 4.37. The highest BCUT2D eigenvalue weighted by molar-refractivity contribution is 7.07. The molecule has 40 heavy (non-hydrogen) atoms. The Morgan fingerprint density at radius 2 is 1.62 bits per heavy atom.